The van der Waals surface area contributed by atoms with E-state index in [-0.39, 0.29) is 16.6 Å². The standard InChI is InChI=1S/C12H17N3O4S/c1-14-7-3-2-4-11(14)10-6-5-9(20(13,18)19)8-12(10)15(16)17/h5-6,8,11H,2-4,7H2,1H3,(H2,13,18,19). The van der Waals surface area contributed by atoms with Gasteiger partial charge in [-0.05, 0) is 38.6 Å². The number of rotatable bonds is 3. The van der Waals surface area contributed by atoms with Crippen LogP contribution in [0.5, 0.6) is 0 Å². The number of primary sulfonamides is 1. The van der Waals surface area contributed by atoms with Gasteiger partial charge in [0.05, 0.1) is 9.82 Å². The number of nitro benzene ring substituents is 1. The zero-order valence-electron chi connectivity index (χ0n) is 11.2. The van der Waals surface area contributed by atoms with Gasteiger partial charge in [0, 0.05) is 17.7 Å². The Morgan fingerprint density at radius 3 is 2.65 bits per heavy atom. The van der Waals surface area contributed by atoms with Crippen LogP contribution < -0.4 is 5.14 Å². The van der Waals surface area contributed by atoms with Crippen molar-refractivity contribution in [1.29, 1.82) is 0 Å². The molecule has 0 aromatic heterocycles. The molecule has 1 atom stereocenters. The third kappa shape index (κ3) is 2.97. The number of piperidine rings is 1. The SMILES string of the molecule is CN1CCCCC1c1ccc(S(N)(=O)=O)cc1[N+](=O)[O-]. The number of sulfonamides is 1. The van der Waals surface area contributed by atoms with E-state index < -0.39 is 14.9 Å². The molecule has 1 saturated heterocycles. The van der Waals surface area contributed by atoms with E-state index in [4.69, 9.17) is 5.14 Å². The van der Waals surface area contributed by atoms with E-state index in [0.717, 1.165) is 31.9 Å². The zero-order valence-corrected chi connectivity index (χ0v) is 12.0. The number of nitro groups is 1. The van der Waals surface area contributed by atoms with Crippen molar-refractivity contribution >= 4 is 15.7 Å². The summed E-state index contributed by atoms with van der Waals surface area (Å²) in [4.78, 5) is 12.5. The molecule has 0 bridgehead atoms. The van der Waals surface area contributed by atoms with E-state index in [1.54, 1.807) is 0 Å². The molecule has 1 aliphatic rings. The second-order valence-corrected chi connectivity index (χ2v) is 6.58. The second kappa shape index (κ2) is 5.47. The summed E-state index contributed by atoms with van der Waals surface area (Å²) in [6.45, 7) is 0.874. The van der Waals surface area contributed by atoms with Crippen molar-refractivity contribution in [3.63, 3.8) is 0 Å². The summed E-state index contributed by atoms with van der Waals surface area (Å²) in [5.74, 6) is 0. The van der Waals surface area contributed by atoms with Gasteiger partial charge in [-0.2, -0.15) is 0 Å². The Morgan fingerprint density at radius 1 is 1.40 bits per heavy atom. The van der Waals surface area contributed by atoms with Gasteiger partial charge in [0.15, 0.2) is 0 Å². The largest absolute Gasteiger partial charge is 0.299 e. The molecule has 1 fully saturated rings. The lowest BCUT2D eigenvalue weighted by atomic mass is 9.94. The van der Waals surface area contributed by atoms with Gasteiger partial charge in [-0.1, -0.05) is 6.42 Å². The second-order valence-electron chi connectivity index (χ2n) is 5.01. The first kappa shape index (κ1) is 14.9. The molecule has 1 aromatic rings. The van der Waals surface area contributed by atoms with E-state index >= 15 is 0 Å². The molecular weight excluding hydrogens is 282 g/mol. The van der Waals surface area contributed by atoms with Gasteiger partial charge in [-0.15, -0.1) is 0 Å². The molecule has 0 aliphatic carbocycles. The average molecular weight is 299 g/mol. The van der Waals surface area contributed by atoms with Crippen LogP contribution >= 0.6 is 0 Å². The molecule has 1 heterocycles. The summed E-state index contributed by atoms with van der Waals surface area (Å²) < 4.78 is 22.6. The molecule has 2 N–H and O–H groups in total. The first-order valence-electron chi connectivity index (χ1n) is 6.32. The van der Waals surface area contributed by atoms with E-state index in [1.165, 1.54) is 12.1 Å². The summed E-state index contributed by atoms with van der Waals surface area (Å²) in [5.41, 5.74) is 0.361. The predicted molar refractivity (Wildman–Crippen MR) is 73.7 cm³/mol. The van der Waals surface area contributed by atoms with Crippen LogP contribution in [0.3, 0.4) is 0 Å². The van der Waals surface area contributed by atoms with Crippen LogP contribution in [-0.2, 0) is 10.0 Å². The van der Waals surface area contributed by atoms with Crippen molar-refractivity contribution in [2.24, 2.45) is 5.14 Å². The predicted octanol–water partition coefficient (Wildman–Crippen LogP) is 1.40. The fourth-order valence-corrected chi connectivity index (χ4v) is 3.14. The van der Waals surface area contributed by atoms with E-state index in [1.807, 2.05) is 7.05 Å². The lowest BCUT2D eigenvalue weighted by Gasteiger charge is -2.32. The maximum Gasteiger partial charge on any atom is 0.275 e. The van der Waals surface area contributed by atoms with Gasteiger partial charge < -0.3 is 0 Å². The summed E-state index contributed by atoms with van der Waals surface area (Å²) in [7, 11) is -2.02. The molecule has 7 nitrogen and oxygen atoms in total. The molecule has 0 radical (unpaired) electrons. The van der Waals surface area contributed by atoms with Crippen LogP contribution in [0.1, 0.15) is 30.9 Å². The highest BCUT2D eigenvalue weighted by Crippen LogP contribution is 2.35. The normalized spacial score (nSPS) is 20.8. The number of hydrogen-bond donors (Lipinski definition) is 1. The lowest BCUT2D eigenvalue weighted by Crippen LogP contribution is -2.30. The minimum absolute atomic E-state index is 0.0568. The fraction of sp³-hybridized carbons (Fsp3) is 0.500. The van der Waals surface area contributed by atoms with E-state index in [2.05, 4.69) is 4.90 Å². The zero-order chi connectivity index (χ0) is 14.9. The molecule has 0 saturated carbocycles. The number of likely N-dealkylation sites (tertiary alicyclic amines) is 1. The lowest BCUT2D eigenvalue weighted by molar-refractivity contribution is -0.386. The monoisotopic (exact) mass is 299 g/mol. The van der Waals surface area contributed by atoms with Crippen LogP contribution in [0.2, 0.25) is 0 Å². The Balaban J connectivity index is 2.50. The van der Waals surface area contributed by atoms with E-state index in [9.17, 15) is 18.5 Å². The quantitative estimate of drug-likeness (QED) is 0.670. The molecule has 1 aromatic carbocycles. The molecule has 110 valence electrons. The maximum absolute atomic E-state index is 11.3. The van der Waals surface area contributed by atoms with Crippen molar-refractivity contribution in [3.8, 4) is 0 Å². The molecule has 20 heavy (non-hydrogen) atoms. The molecule has 1 unspecified atom stereocenters. The van der Waals surface area contributed by atoms with E-state index in [0.29, 0.717) is 5.56 Å². The van der Waals surface area contributed by atoms with Gasteiger partial charge in [-0.3, -0.25) is 15.0 Å². The first-order valence-corrected chi connectivity index (χ1v) is 7.86. The van der Waals surface area contributed by atoms with Crippen molar-refractivity contribution in [2.45, 2.75) is 30.2 Å². The van der Waals surface area contributed by atoms with Crippen LogP contribution in [0.15, 0.2) is 23.1 Å². The van der Waals surface area contributed by atoms with Gasteiger partial charge in [0.1, 0.15) is 0 Å². The molecule has 0 amide bonds. The maximum atomic E-state index is 11.3. The molecule has 2 rings (SSSR count). The minimum atomic E-state index is -3.94. The number of benzene rings is 1. The van der Waals surface area contributed by atoms with Crippen molar-refractivity contribution in [1.82, 2.24) is 4.90 Å². The Bertz CT molecular complexity index is 630. The van der Waals surface area contributed by atoms with Gasteiger partial charge >= 0.3 is 0 Å². The highest BCUT2D eigenvalue weighted by molar-refractivity contribution is 7.89. The van der Waals surface area contributed by atoms with Crippen molar-refractivity contribution < 1.29 is 13.3 Å². The molecule has 1 aliphatic heterocycles. The van der Waals surface area contributed by atoms with Crippen LogP contribution in [0.25, 0.3) is 0 Å². The Hall–Kier alpha value is -1.51. The summed E-state index contributed by atoms with van der Waals surface area (Å²) in [6.07, 6.45) is 2.89. The van der Waals surface area contributed by atoms with Crippen LogP contribution in [0, 0.1) is 10.1 Å². The summed E-state index contributed by atoms with van der Waals surface area (Å²) in [5, 5.41) is 16.2. The minimum Gasteiger partial charge on any atom is -0.299 e. The third-order valence-electron chi connectivity index (χ3n) is 3.66. The number of nitrogens with zero attached hydrogens (tertiary/aromatic N) is 2. The fourth-order valence-electron chi connectivity index (χ4n) is 2.61. The summed E-state index contributed by atoms with van der Waals surface area (Å²) >= 11 is 0. The Kier molecular flexibility index (Phi) is 4.07. The third-order valence-corrected chi connectivity index (χ3v) is 4.57. The van der Waals surface area contributed by atoms with Crippen molar-refractivity contribution in [2.75, 3.05) is 13.6 Å². The molecular formula is C12H17N3O4S. The Labute approximate surface area is 117 Å². The Morgan fingerprint density at radius 2 is 2.10 bits per heavy atom. The van der Waals surface area contributed by atoms with Crippen LogP contribution in [-0.4, -0.2) is 31.8 Å². The topological polar surface area (TPSA) is 107 Å². The average Bonchev–Trinajstić information content (AvgIpc) is 2.37. The highest BCUT2D eigenvalue weighted by Gasteiger charge is 2.28. The highest BCUT2D eigenvalue weighted by atomic mass is 32.2. The van der Waals surface area contributed by atoms with Crippen molar-refractivity contribution in [3.05, 3.63) is 33.9 Å². The van der Waals surface area contributed by atoms with Crippen LogP contribution in [0.4, 0.5) is 5.69 Å². The van der Waals surface area contributed by atoms with Gasteiger partial charge in [0.2, 0.25) is 10.0 Å². The number of nitrogens with two attached hydrogens (primary N) is 1. The molecule has 0 spiro atoms. The first-order chi connectivity index (χ1) is 9.30. The van der Waals surface area contributed by atoms with Gasteiger partial charge in [0.25, 0.3) is 5.69 Å². The van der Waals surface area contributed by atoms with Gasteiger partial charge in [-0.25, -0.2) is 13.6 Å². The summed E-state index contributed by atoms with van der Waals surface area (Å²) in [6, 6.07) is 3.83. The molecule has 8 heteroatoms. The number of hydrogen-bond acceptors (Lipinski definition) is 5. The smallest absolute Gasteiger partial charge is 0.275 e.